The van der Waals surface area contributed by atoms with Crippen LogP contribution in [0.3, 0.4) is 0 Å². The van der Waals surface area contributed by atoms with Gasteiger partial charge in [-0.05, 0) is 38.1 Å². The van der Waals surface area contributed by atoms with E-state index in [1.165, 1.54) is 5.69 Å². The second-order valence-electron chi connectivity index (χ2n) is 3.04. The summed E-state index contributed by atoms with van der Waals surface area (Å²) in [7, 11) is 2.09. The van der Waals surface area contributed by atoms with Crippen LogP contribution in [-0.4, -0.2) is 29.6 Å². The topological polar surface area (TPSA) is 19.4 Å². The molecule has 1 aromatic rings. The van der Waals surface area contributed by atoms with Gasteiger partial charge >= 0.3 is 0 Å². The molecule has 0 spiro atoms. The highest BCUT2D eigenvalue weighted by atomic mass is 32.2. The molecule has 0 fully saturated rings. The number of anilines is 1. The second-order valence-corrected chi connectivity index (χ2v) is 4.24. The molecule has 0 saturated carbocycles. The van der Waals surface area contributed by atoms with E-state index in [4.69, 9.17) is 0 Å². The van der Waals surface area contributed by atoms with Crippen molar-refractivity contribution in [3.8, 4) is 0 Å². The number of fused-ring (bicyclic) bond motifs is 1. The molecule has 0 radical (unpaired) electrons. The summed E-state index contributed by atoms with van der Waals surface area (Å²) >= 11 is 1.71. The molecular weight excluding hydrogens is 182 g/mol. The van der Waals surface area contributed by atoms with E-state index in [2.05, 4.69) is 34.2 Å². The summed E-state index contributed by atoms with van der Waals surface area (Å²) in [5, 5.41) is 1.11. The number of aromatic nitrogens is 1. The zero-order valence-electron chi connectivity index (χ0n) is 7.90. The Morgan fingerprint density at radius 1 is 1.62 bits per heavy atom. The SMILES string of the molecule is CCN1CN(C)Sc2ncccc21. The molecule has 13 heavy (non-hydrogen) atoms. The Balaban J connectivity index is 2.37. The number of nitrogens with zero attached hydrogens (tertiary/aromatic N) is 3. The van der Waals surface area contributed by atoms with Gasteiger partial charge in [0.1, 0.15) is 5.03 Å². The molecule has 0 amide bonds. The highest BCUT2D eigenvalue weighted by molar-refractivity contribution is 7.97. The summed E-state index contributed by atoms with van der Waals surface area (Å²) in [4.78, 5) is 6.67. The van der Waals surface area contributed by atoms with Crippen LogP contribution in [0.4, 0.5) is 5.69 Å². The largest absolute Gasteiger partial charge is 0.356 e. The highest BCUT2D eigenvalue weighted by Crippen LogP contribution is 2.34. The first-order valence-corrected chi connectivity index (χ1v) is 5.17. The van der Waals surface area contributed by atoms with E-state index in [1.54, 1.807) is 11.9 Å². The van der Waals surface area contributed by atoms with Crippen molar-refractivity contribution in [2.24, 2.45) is 0 Å². The van der Waals surface area contributed by atoms with Gasteiger partial charge in [0, 0.05) is 12.7 Å². The van der Waals surface area contributed by atoms with Crippen molar-refractivity contribution < 1.29 is 0 Å². The molecular formula is C9H13N3S. The molecule has 2 heterocycles. The molecule has 1 aromatic heterocycles. The van der Waals surface area contributed by atoms with Gasteiger partial charge in [-0.15, -0.1) is 0 Å². The van der Waals surface area contributed by atoms with Gasteiger partial charge in [0.15, 0.2) is 0 Å². The maximum atomic E-state index is 4.35. The summed E-state index contributed by atoms with van der Waals surface area (Å²) in [5.41, 5.74) is 1.26. The smallest absolute Gasteiger partial charge is 0.134 e. The fourth-order valence-electron chi connectivity index (χ4n) is 1.46. The lowest BCUT2D eigenvalue weighted by atomic mass is 10.4. The minimum absolute atomic E-state index is 0.972. The molecule has 0 bridgehead atoms. The molecule has 2 rings (SSSR count). The quantitative estimate of drug-likeness (QED) is 0.636. The maximum Gasteiger partial charge on any atom is 0.134 e. The van der Waals surface area contributed by atoms with Gasteiger partial charge in [-0.3, -0.25) is 0 Å². The molecule has 0 saturated heterocycles. The van der Waals surface area contributed by atoms with E-state index < -0.39 is 0 Å². The van der Waals surface area contributed by atoms with Crippen molar-refractivity contribution in [1.29, 1.82) is 0 Å². The summed E-state index contributed by atoms with van der Waals surface area (Å²) in [6.07, 6.45) is 1.85. The van der Waals surface area contributed by atoms with Crippen molar-refractivity contribution >= 4 is 17.6 Å². The summed E-state index contributed by atoms with van der Waals surface area (Å²) in [6.45, 7) is 4.17. The van der Waals surface area contributed by atoms with Crippen LogP contribution in [0.5, 0.6) is 0 Å². The fraction of sp³-hybridized carbons (Fsp3) is 0.444. The lowest BCUT2D eigenvalue weighted by Crippen LogP contribution is -2.35. The van der Waals surface area contributed by atoms with Crippen LogP contribution < -0.4 is 4.90 Å². The van der Waals surface area contributed by atoms with Gasteiger partial charge in [0.05, 0.1) is 12.4 Å². The standard InChI is InChI=1S/C9H13N3S/c1-3-12-7-11(2)13-9-8(12)5-4-6-10-9/h4-6H,3,7H2,1-2H3. The van der Waals surface area contributed by atoms with E-state index in [1.807, 2.05) is 12.3 Å². The van der Waals surface area contributed by atoms with Crippen LogP contribution in [0.25, 0.3) is 0 Å². The monoisotopic (exact) mass is 195 g/mol. The molecule has 3 nitrogen and oxygen atoms in total. The minimum Gasteiger partial charge on any atom is -0.356 e. The van der Waals surface area contributed by atoms with Crippen LogP contribution >= 0.6 is 11.9 Å². The number of rotatable bonds is 1. The van der Waals surface area contributed by atoms with Crippen LogP contribution in [-0.2, 0) is 0 Å². The van der Waals surface area contributed by atoms with Gasteiger partial charge in [0.25, 0.3) is 0 Å². The first-order valence-electron chi connectivity index (χ1n) is 4.40. The molecule has 4 heteroatoms. The Morgan fingerprint density at radius 3 is 3.23 bits per heavy atom. The number of pyridine rings is 1. The first-order chi connectivity index (χ1) is 6.31. The van der Waals surface area contributed by atoms with Crippen molar-refractivity contribution in [2.45, 2.75) is 11.9 Å². The van der Waals surface area contributed by atoms with E-state index in [-0.39, 0.29) is 0 Å². The zero-order valence-corrected chi connectivity index (χ0v) is 8.71. The molecule has 1 aliphatic rings. The fourth-order valence-corrected chi connectivity index (χ4v) is 2.35. The summed E-state index contributed by atoms with van der Waals surface area (Å²) < 4.78 is 2.19. The van der Waals surface area contributed by atoms with Crippen LogP contribution in [0.2, 0.25) is 0 Å². The average Bonchev–Trinajstić information content (AvgIpc) is 2.16. The molecule has 1 aliphatic heterocycles. The Labute approximate surface area is 82.9 Å². The Morgan fingerprint density at radius 2 is 2.46 bits per heavy atom. The number of hydrogen-bond donors (Lipinski definition) is 0. The van der Waals surface area contributed by atoms with Gasteiger partial charge < -0.3 is 4.90 Å². The summed E-state index contributed by atoms with van der Waals surface area (Å²) in [6, 6.07) is 4.12. The highest BCUT2D eigenvalue weighted by Gasteiger charge is 2.19. The van der Waals surface area contributed by atoms with E-state index in [0.29, 0.717) is 0 Å². The molecule has 70 valence electrons. The van der Waals surface area contributed by atoms with E-state index in [9.17, 15) is 0 Å². The lowest BCUT2D eigenvalue weighted by molar-refractivity contribution is 0.531. The van der Waals surface area contributed by atoms with Crippen molar-refractivity contribution in [3.63, 3.8) is 0 Å². The summed E-state index contributed by atoms with van der Waals surface area (Å²) in [5.74, 6) is 0. The van der Waals surface area contributed by atoms with Gasteiger partial charge in [0.2, 0.25) is 0 Å². The van der Waals surface area contributed by atoms with Gasteiger partial charge in [-0.1, -0.05) is 0 Å². The van der Waals surface area contributed by atoms with Gasteiger partial charge in [-0.25, -0.2) is 9.29 Å². The normalized spacial score (nSPS) is 17.2. The molecule has 0 unspecified atom stereocenters. The lowest BCUT2D eigenvalue weighted by Gasteiger charge is -2.33. The second kappa shape index (κ2) is 3.55. The number of hydrogen-bond acceptors (Lipinski definition) is 4. The Bertz CT molecular complexity index is 303. The van der Waals surface area contributed by atoms with Crippen molar-refractivity contribution in [2.75, 3.05) is 25.2 Å². The van der Waals surface area contributed by atoms with Crippen molar-refractivity contribution in [3.05, 3.63) is 18.3 Å². The van der Waals surface area contributed by atoms with Crippen LogP contribution in [0.1, 0.15) is 6.92 Å². The maximum absolute atomic E-state index is 4.35. The molecule has 0 aromatic carbocycles. The van der Waals surface area contributed by atoms with Crippen LogP contribution in [0, 0.1) is 0 Å². The van der Waals surface area contributed by atoms with Crippen LogP contribution in [0.15, 0.2) is 23.4 Å². The van der Waals surface area contributed by atoms with Gasteiger partial charge in [-0.2, -0.15) is 0 Å². The Hall–Kier alpha value is -0.740. The predicted octanol–water partition coefficient (Wildman–Crippen LogP) is 1.82. The molecule has 0 atom stereocenters. The van der Waals surface area contributed by atoms with E-state index in [0.717, 1.165) is 18.2 Å². The zero-order chi connectivity index (χ0) is 9.26. The Kier molecular flexibility index (Phi) is 2.42. The minimum atomic E-state index is 0.972. The average molecular weight is 195 g/mol. The first kappa shape index (κ1) is 8.84. The third-order valence-electron chi connectivity index (χ3n) is 2.09. The predicted molar refractivity (Wildman–Crippen MR) is 55.7 cm³/mol. The molecule has 0 aliphatic carbocycles. The van der Waals surface area contributed by atoms with E-state index >= 15 is 0 Å². The third-order valence-corrected chi connectivity index (χ3v) is 3.00. The third kappa shape index (κ3) is 1.64. The van der Waals surface area contributed by atoms with Crippen molar-refractivity contribution in [1.82, 2.24) is 9.29 Å². The molecule has 0 N–H and O–H groups in total.